The molecule has 0 radical (unpaired) electrons. The Balaban J connectivity index is 2.54. The van der Waals surface area contributed by atoms with Gasteiger partial charge < -0.3 is 19.5 Å². The van der Waals surface area contributed by atoms with Crippen LogP contribution in [0.3, 0.4) is 0 Å². The SMILES string of the molecule is COc1ccc(OC)c(CCNC(=O)OC(C)C)c1. The van der Waals surface area contributed by atoms with Gasteiger partial charge in [0.2, 0.25) is 0 Å². The lowest BCUT2D eigenvalue weighted by Crippen LogP contribution is -2.28. The molecular formula is C14H21NO4. The van der Waals surface area contributed by atoms with Gasteiger partial charge in [0.1, 0.15) is 11.5 Å². The van der Waals surface area contributed by atoms with Gasteiger partial charge in [-0.15, -0.1) is 0 Å². The van der Waals surface area contributed by atoms with Gasteiger partial charge >= 0.3 is 6.09 Å². The minimum atomic E-state index is -0.406. The molecule has 1 amide bonds. The molecule has 1 aromatic rings. The van der Waals surface area contributed by atoms with Crippen LogP contribution < -0.4 is 14.8 Å². The molecule has 1 N–H and O–H groups in total. The smallest absolute Gasteiger partial charge is 0.407 e. The van der Waals surface area contributed by atoms with Crippen molar-refractivity contribution >= 4 is 6.09 Å². The molecule has 0 saturated heterocycles. The molecule has 1 aromatic carbocycles. The molecule has 0 unspecified atom stereocenters. The Morgan fingerprint density at radius 3 is 2.58 bits per heavy atom. The normalized spacial score (nSPS) is 10.2. The predicted octanol–water partition coefficient (Wildman–Crippen LogP) is 2.38. The number of benzene rings is 1. The molecule has 0 aliphatic heterocycles. The number of rotatable bonds is 6. The summed E-state index contributed by atoms with van der Waals surface area (Å²) in [6.07, 6.45) is 0.122. The summed E-state index contributed by atoms with van der Waals surface area (Å²) in [6.45, 7) is 4.10. The summed E-state index contributed by atoms with van der Waals surface area (Å²) in [5.41, 5.74) is 0.978. The maximum Gasteiger partial charge on any atom is 0.407 e. The predicted molar refractivity (Wildman–Crippen MR) is 72.9 cm³/mol. The summed E-state index contributed by atoms with van der Waals surface area (Å²) in [5.74, 6) is 1.54. The lowest BCUT2D eigenvalue weighted by Gasteiger charge is -2.12. The molecule has 106 valence electrons. The van der Waals surface area contributed by atoms with Crippen LogP contribution in [0.2, 0.25) is 0 Å². The van der Waals surface area contributed by atoms with E-state index in [1.165, 1.54) is 0 Å². The fraction of sp³-hybridized carbons (Fsp3) is 0.500. The van der Waals surface area contributed by atoms with E-state index >= 15 is 0 Å². The minimum Gasteiger partial charge on any atom is -0.497 e. The topological polar surface area (TPSA) is 56.8 Å². The van der Waals surface area contributed by atoms with Gasteiger partial charge in [-0.3, -0.25) is 0 Å². The van der Waals surface area contributed by atoms with E-state index in [1.54, 1.807) is 14.2 Å². The monoisotopic (exact) mass is 267 g/mol. The third-order valence-electron chi connectivity index (χ3n) is 2.49. The van der Waals surface area contributed by atoms with Crippen LogP contribution in [0.25, 0.3) is 0 Å². The van der Waals surface area contributed by atoms with E-state index in [2.05, 4.69) is 5.32 Å². The molecule has 1 rings (SSSR count). The van der Waals surface area contributed by atoms with Crippen molar-refractivity contribution in [3.63, 3.8) is 0 Å². The van der Waals surface area contributed by atoms with Gasteiger partial charge in [0, 0.05) is 6.54 Å². The summed E-state index contributed by atoms with van der Waals surface area (Å²) in [5, 5.41) is 2.69. The van der Waals surface area contributed by atoms with Gasteiger partial charge in [-0.25, -0.2) is 4.79 Å². The van der Waals surface area contributed by atoms with E-state index in [0.717, 1.165) is 17.1 Å². The second-order valence-electron chi connectivity index (χ2n) is 4.31. The molecule has 0 aliphatic carbocycles. The molecule has 5 nitrogen and oxygen atoms in total. The van der Waals surface area contributed by atoms with E-state index in [-0.39, 0.29) is 6.10 Å². The molecule has 0 spiro atoms. The highest BCUT2D eigenvalue weighted by Gasteiger charge is 2.07. The van der Waals surface area contributed by atoms with Crippen molar-refractivity contribution in [3.8, 4) is 11.5 Å². The molecule has 0 atom stereocenters. The third-order valence-corrected chi connectivity index (χ3v) is 2.49. The summed E-state index contributed by atoms with van der Waals surface area (Å²) in [7, 11) is 3.23. The van der Waals surface area contributed by atoms with Crippen LogP contribution >= 0.6 is 0 Å². The van der Waals surface area contributed by atoms with Crippen LogP contribution in [0.5, 0.6) is 11.5 Å². The molecule has 0 aromatic heterocycles. The number of hydrogen-bond donors (Lipinski definition) is 1. The van der Waals surface area contributed by atoms with Crippen molar-refractivity contribution in [1.82, 2.24) is 5.32 Å². The maximum atomic E-state index is 11.3. The van der Waals surface area contributed by atoms with Gasteiger partial charge in [-0.2, -0.15) is 0 Å². The average molecular weight is 267 g/mol. The number of methoxy groups -OCH3 is 2. The van der Waals surface area contributed by atoms with E-state index < -0.39 is 6.09 Å². The molecule has 0 bridgehead atoms. The van der Waals surface area contributed by atoms with Gasteiger partial charge in [0.15, 0.2) is 0 Å². The Bertz CT molecular complexity index is 418. The highest BCUT2D eigenvalue weighted by Crippen LogP contribution is 2.24. The van der Waals surface area contributed by atoms with Gasteiger partial charge in [-0.1, -0.05) is 0 Å². The van der Waals surface area contributed by atoms with Gasteiger partial charge in [0.05, 0.1) is 20.3 Å². The lowest BCUT2D eigenvalue weighted by molar-refractivity contribution is 0.116. The van der Waals surface area contributed by atoms with Crippen molar-refractivity contribution in [1.29, 1.82) is 0 Å². The molecule has 0 heterocycles. The Morgan fingerprint density at radius 2 is 2.00 bits per heavy atom. The highest BCUT2D eigenvalue weighted by atomic mass is 16.6. The number of ether oxygens (including phenoxy) is 3. The number of hydrogen-bond acceptors (Lipinski definition) is 4. The van der Waals surface area contributed by atoms with Gasteiger partial charge in [-0.05, 0) is 44.0 Å². The Hall–Kier alpha value is -1.91. The second-order valence-corrected chi connectivity index (χ2v) is 4.31. The van der Waals surface area contributed by atoms with Crippen LogP contribution in [0, 0.1) is 0 Å². The zero-order chi connectivity index (χ0) is 14.3. The first-order valence-corrected chi connectivity index (χ1v) is 6.22. The van der Waals surface area contributed by atoms with Crippen LogP contribution in [0.15, 0.2) is 18.2 Å². The fourth-order valence-corrected chi connectivity index (χ4v) is 1.63. The zero-order valence-electron chi connectivity index (χ0n) is 11.9. The number of amides is 1. The quantitative estimate of drug-likeness (QED) is 0.859. The van der Waals surface area contributed by atoms with E-state index in [1.807, 2.05) is 32.0 Å². The number of carbonyl (C=O) groups is 1. The van der Waals surface area contributed by atoms with E-state index in [4.69, 9.17) is 14.2 Å². The summed E-state index contributed by atoms with van der Waals surface area (Å²) < 4.78 is 15.4. The van der Waals surface area contributed by atoms with E-state index in [0.29, 0.717) is 13.0 Å². The highest BCUT2D eigenvalue weighted by molar-refractivity contribution is 5.67. The number of alkyl carbamates (subject to hydrolysis) is 1. The number of carbonyl (C=O) groups excluding carboxylic acids is 1. The first kappa shape index (κ1) is 15.1. The molecule has 0 fully saturated rings. The van der Waals surface area contributed by atoms with Crippen molar-refractivity contribution in [2.45, 2.75) is 26.4 Å². The number of nitrogens with one attached hydrogen (secondary N) is 1. The summed E-state index contributed by atoms with van der Waals surface area (Å²) in [6, 6.07) is 5.58. The molecular weight excluding hydrogens is 246 g/mol. The molecule has 0 saturated carbocycles. The standard InChI is InChI=1S/C14H21NO4/c1-10(2)19-14(16)15-8-7-11-9-12(17-3)5-6-13(11)18-4/h5-6,9-10H,7-8H2,1-4H3,(H,15,16). The largest absolute Gasteiger partial charge is 0.497 e. The first-order valence-electron chi connectivity index (χ1n) is 6.22. The second kappa shape index (κ2) is 7.51. The lowest BCUT2D eigenvalue weighted by atomic mass is 10.1. The molecule has 5 heteroatoms. The molecule has 0 aliphatic rings. The van der Waals surface area contributed by atoms with Crippen LogP contribution in [-0.2, 0) is 11.2 Å². The van der Waals surface area contributed by atoms with Crippen molar-refractivity contribution in [2.75, 3.05) is 20.8 Å². The molecule has 19 heavy (non-hydrogen) atoms. The minimum absolute atomic E-state index is 0.119. The van der Waals surface area contributed by atoms with Gasteiger partial charge in [0.25, 0.3) is 0 Å². The van der Waals surface area contributed by atoms with Crippen molar-refractivity contribution < 1.29 is 19.0 Å². The maximum absolute atomic E-state index is 11.3. The summed E-state index contributed by atoms with van der Waals surface area (Å²) in [4.78, 5) is 11.3. The first-order chi connectivity index (χ1) is 9.06. The average Bonchev–Trinajstić information content (AvgIpc) is 2.37. The summed E-state index contributed by atoms with van der Waals surface area (Å²) >= 11 is 0. The zero-order valence-corrected chi connectivity index (χ0v) is 11.9. The Kier molecular flexibility index (Phi) is 5.99. The Morgan fingerprint density at radius 1 is 1.26 bits per heavy atom. The van der Waals surface area contributed by atoms with Crippen LogP contribution in [-0.4, -0.2) is 33.0 Å². The van der Waals surface area contributed by atoms with Crippen LogP contribution in [0.4, 0.5) is 4.79 Å². The third kappa shape index (κ3) is 5.07. The van der Waals surface area contributed by atoms with Crippen LogP contribution in [0.1, 0.15) is 19.4 Å². The van der Waals surface area contributed by atoms with E-state index in [9.17, 15) is 4.79 Å². The fourth-order valence-electron chi connectivity index (χ4n) is 1.63. The van der Waals surface area contributed by atoms with Crippen molar-refractivity contribution in [3.05, 3.63) is 23.8 Å². The van der Waals surface area contributed by atoms with Crippen molar-refractivity contribution in [2.24, 2.45) is 0 Å². The Labute approximate surface area is 113 Å².